The van der Waals surface area contributed by atoms with E-state index in [9.17, 15) is 0 Å². The van der Waals surface area contributed by atoms with Gasteiger partial charge in [0.1, 0.15) is 18.0 Å². The topological polar surface area (TPSA) is 63.0 Å². The number of halogens is 2. The lowest BCUT2D eigenvalue weighted by Gasteiger charge is -2.35. The van der Waals surface area contributed by atoms with E-state index in [0.717, 1.165) is 60.2 Å². The van der Waals surface area contributed by atoms with Crippen LogP contribution in [0.25, 0.3) is 28.2 Å². The molecule has 0 atom stereocenters. The van der Waals surface area contributed by atoms with Crippen molar-refractivity contribution < 1.29 is 0 Å². The van der Waals surface area contributed by atoms with E-state index in [4.69, 9.17) is 28.2 Å². The van der Waals surface area contributed by atoms with E-state index in [0.29, 0.717) is 15.9 Å². The predicted molar refractivity (Wildman–Crippen MR) is 141 cm³/mol. The monoisotopic (exact) mass is 501 g/mol. The molecule has 0 bridgehead atoms. The van der Waals surface area contributed by atoms with Gasteiger partial charge in [0.05, 0.1) is 5.02 Å². The second-order valence-electron chi connectivity index (χ2n) is 8.26. The van der Waals surface area contributed by atoms with Crippen molar-refractivity contribution in [2.75, 3.05) is 36.0 Å². The summed E-state index contributed by atoms with van der Waals surface area (Å²) in [7, 11) is 0. The van der Waals surface area contributed by atoms with Gasteiger partial charge in [-0.1, -0.05) is 41.4 Å². The standard InChI is InChI=1S/C26H21Cl2N7/c27-18-8-10-19(11-9-18)35-24(20-5-1-2-6-21(20)28)32-23-25(30-17-31-26(23)35)34-15-13-33(14-16-34)22-7-3-4-12-29-22/h1-12,17H,13-16H2. The highest BCUT2D eigenvalue weighted by atomic mass is 35.5. The van der Waals surface area contributed by atoms with Gasteiger partial charge in [-0.2, -0.15) is 0 Å². The van der Waals surface area contributed by atoms with Crippen LogP contribution in [0.15, 0.2) is 79.3 Å². The van der Waals surface area contributed by atoms with E-state index >= 15 is 0 Å². The average molecular weight is 502 g/mol. The maximum absolute atomic E-state index is 6.60. The molecule has 1 aliphatic rings. The van der Waals surface area contributed by atoms with E-state index in [1.54, 1.807) is 6.33 Å². The van der Waals surface area contributed by atoms with Gasteiger partial charge in [-0.05, 0) is 48.5 Å². The SMILES string of the molecule is Clc1ccc(-n2c(-c3ccccc3Cl)nc3c(N4CCN(c5ccccn5)CC4)ncnc32)cc1. The first kappa shape index (κ1) is 21.8. The molecule has 6 rings (SSSR count). The Labute approximate surface area is 212 Å². The smallest absolute Gasteiger partial charge is 0.170 e. The number of aromatic nitrogens is 5. The van der Waals surface area contributed by atoms with Gasteiger partial charge in [0.25, 0.3) is 0 Å². The fourth-order valence-corrected chi connectivity index (χ4v) is 4.80. The van der Waals surface area contributed by atoms with Crippen molar-refractivity contribution in [1.82, 2.24) is 24.5 Å². The van der Waals surface area contributed by atoms with Crippen LogP contribution in [0.1, 0.15) is 0 Å². The molecule has 0 N–H and O–H groups in total. The van der Waals surface area contributed by atoms with Crippen molar-refractivity contribution in [2.24, 2.45) is 0 Å². The average Bonchev–Trinajstić information content (AvgIpc) is 3.29. The summed E-state index contributed by atoms with van der Waals surface area (Å²) >= 11 is 12.8. The van der Waals surface area contributed by atoms with Gasteiger partial charge < -0.3 is 9.80 Å². The predicted octanol–water partition coefficient (Wildman–Crippen LogP) is 5.51. The molecule has 7 nitrogen and oxygen atoms in total. The molecule has 0 saturated carbocycles. The zero-order valence-electron chi connectivity index (χ0n) is 18.7. The Kier molecular flexibility index (Phi) is 5.72. The zero-order chi connectivity index (χ0) is 23.8. The fourth-order valence-electron chi connectivity index (χ4n) is 4.46. The van der Waals surface area contributed by atoms with Crippen LogP contribution in [0.4, 0.5) is 11.6 Å². The van der Waals surface area contributed by atoms with E-state index in [-0.39, 0.29) is 0 Å². The lowest BCUT2D eigenvalue weighted by atomic mass is 10.2. The second-order valence-corrected chi connectivity index (χ2v) is 9.10. The number of hydrogen-bond acceptors (Lipinski definition) is 6. The Bertz CT molecular complexity index is 1480. The molecule has 0 unspecified atom stereocenters. The molecule has 174 valence electrons. The van der Waals surface area contributed by atoms with Crippen LogP contribution in [0.2, 0.25) is 10.0 Å². The summed E-state index contributed by atoms with van der Waals surface area (Å²) < 4.78 is 2.02. The largest absolute Gasteiger partial charge is 0.353 e. The first-order valence-electron chi connectivity index (χ1n) is 11.3. The number of piperazine rings is 1. The second kappa shape index (κ2) is 9.17. The summed E-state index contributed by atoms with van der Waals surface area (Å²) in [5.74, 6) is 2.52. The minimum absolute atomic E-state index is 0.622. The Balaban J connectivity index is 1.44. The van der Waals surface area contributed by atoms with Gasteiger partial charge in [0, 0.05) is 48.6 Å². The van der Waals surface area contributed by atoms with Crippen molar-refractivity contribution in [2.45, 2.75) is 0 Å². The van der Waals surface area contributed by atoms with E-state index in [2.05, 4.69) is 24.8 Å². The minimum atomic E-state index is 0.622. The molecule has 0 amide bonds. The molecular weight excluding hydrogens is 481 g/mol. The van der Waals surface area contributed by atoms with Crippen LogP contribution in [0.3, 0.4) is 0 Å². The number of rotatable bonds is 4. The molecule has 4 heterocycles. The van der Waals surface area contributed by atoms with E-state index in [1.807, 2.05) is 77.5 Å². The zero-order valence-corrected chi connectivity index (χ0v) is 20.2. The molecule has 1 saturated heterocycles. The lowest BCUT2D eigenvalue weighted by Crippen LogP contribution is -2.47. The molecule has 35 heavy (non-hydrogen) atoms. The van der Waals surface area contributed by atoms with Crippen LogP contribution in [-0.4, -0.2) is 50.7 Å². The third-order valence-corrected chi connectivity index (χ3v) is 6.76. The van der Waals surface area contributed by atoms with Crippen LogP contribution in [0, 0.1) is 0 Å². The Morgan fingerprint density at radius 2 is 1.46 bits per heavy atom. The quantitative estimate of drug-likeness (QED) is 0.323. The van der Waals surface area contributed by atoms with E-state index < -0.39 is 0 Å². The van der Waals surface area contributed by atoms with Crippen molar-refractivity contribution in [3.63, 3.8) is 0 Å². The molecular formula is C26H21Cl2N7. The molecule has 0 spiro atoms. The normalized spacial score (nSPS) is 14.0. The third-order valence-electron chi connectivity index (χ3n) is 6.18. The number of anilines is 2. The number of pyridine rings is 1. The summed E-state index contributed by atoms with van der Waals surface area (Å²) in [6, 6.07) is 21.3. The van der Waals surface area contributed by atoms with Gasteiger partial charge in [-0.15, -0.1) is 0 Å². The number of imidazole rings is 1. The number of benzene rings is 2. The maximum Gasteiger partial charge on any atom is 0.170 e. The van der Waals surface area contributed by atoms with Crippen molar-refractivity contribution in [3.8, 4) is 17.1 Å². The van der Waals surface area contributed by atoms with E-state index in [1.165, 1.54) is 0 Å². The first-order valence-corrected chi connectivity index (χ1v) is 12.1. The van der Waals surface area contributed by atoms with Gasteiger partial charge in [-0.25, -0.2) is 19.9 Å². The van der Waals surface area contributed by atoms with Gasteiger partial charge in [0.15, 0.2) is 17.0 Å². The molecule has 0 radical (unpaired) electrons. The highest BCUT2D eigenvalue weighted by molar-refractivity contribution is 6.33. The van der Waals surface area contributed by atoms with Gasteiger partial charge in [-0.3, -0.25) is 4.57 Å². The third kappa shape index (κ3) is 4.07. The van der Waals surface area contributed by atoms with Crippen molar-refractivity contribution in [1.29, 1.82) is 0 Å². The van der Waals surface area contributed by atoms with Gasteiger partial charge >= 0.3 is 0 Å². The minimum Gasteiger partial charge on any atom is -0.353 e. The number of hydrogen-bond donors (Lipinski definition) is 0. The van der Waals surface area contributed by atoms with Crippen LogP contribution < -0.4 is 9.80 Å². The number of fused-ring (bicyclic) bond motifs is 1. The summed E-state index contributed by atoms with van der Waals surface area (Å²) in [6.07, 6.45) is 3.43. The molecule has 2 aromatic carbocycles. The van der Waals surface area contributed by atoms with Crippen molar-refractivity contribution in [3.05, 3.63) is 89.3 Å². The molecule has 1 fully saturated rings. The Morgan fingerprint density at radius 1 is 0.714 bits per heavy atom. The molecule has 1 aliphatic heterocycles. The first-order chi connectivity index (χ1) is 17.2. The lowest BCUT2D eigenvalue weighted by molar-refractivity contribution is 0.642. The van der Waals surface area contributed by atoms with Crippen molar-refractivity contribution >= 4 is 46.0 Å². The molecule has 5 aromatic rings. The molecule has 9 heteroatoms. The van der Waals surface area contributed by atoms with Crippen LogP contribution in [-0.2, 0) is 0 Å². The summed E-state index contributed by atoms with van der Waals surface area (Å²) in [4.78, 5) is 23.4. The fraction of sp³-hybridized carbons (Fsp3) is 0.154. The summed E-state index contributed by atoms with van der Waals surface area (Å²) in [6.45, 7) is 3.30. The molecule has 3 aromatic heterocycles. The van der Waals surface area contributed by atoms with Crippen LogP contribution >= 0.6 is 23.2 Å². The highest BCUT2D eigenvalue weighted by Gasteiger charge is 2.25. The maximum atomic E-state index is 6.60. The molecule has 0 aliphatic carbocycles. The number of nitrogens with zero attached hydrogens (tertiary/aromatic N) is 7. The van der Waals surface area contributed by atoms with Gasteiger partial charge in [0.2, 0.25) is 0 Å². The Hall–Kier alpha value is -3.68. The summed E-state index contributed by atoms with van der Waals surface area (Å²) in [5, 5.41) is 1.29. The van der Waals surface area contributed by atoms with Crippen LogP contribution in [0.5, 0.6) is 0 Å². The summed E-state index contributed by atoms with van der Waals surface area (Å²) in [5.41, 5.74) is 3.19. The highest BCUT2D eigenvalue weighted by Crippen LogP contribution is 2.35. The Morgan fingerprint density at radius 3 is 2.20 bits per heavy atom.